The van der Waals surface area contributed by atoms with E-state index in [2.05, 4.69) is 22.9 Å². The molecule has 112 valence electrons. The zero-order chi connectivity index (χ0) is 14.5. The van der Waals surface area contributed by atoms with Gasteiger partial charge in [0.1, 0.15) is 45.1 Å². The monoisotopic (exact) mass is 362 g/mol. The van der Waals surface area contributed by atoms with Gasteiger partial charge in [-0.25, -0.2) is 0 Å². The third-order valence-corrected chi connectivity index (χ3v) is 4.80. The van der Waals surface area contributed by atoms with E-state index in [1.165, 1.54) is 32.7 Å². The van der Waals surface area contributed by atoms with Crippen molar-refractivity contribution in [2.75, 3.05) is 45.9 Å². The Morgan fingerprint density at radius 3 is 2.45 bits per heavy atom. The maximum absolute atomic E-state index is 6.23. The van der Waals surface area contributed by atoms with Crippen LogP contribution in [0, 0.1) is 6.92 Å². The molecule has 0 aromatic heterocycles. The highest BCUT2D eigenvalue weighted by molar-refractivity contribution is 9.10. The summed E-state index contributed by atoms with van der Waals surface area (Å²) in [6.45, 7) is 12.4. The SMILES string of the molecule is CC[NH+]1CC[NH+](CCOc2c(C)cc(Br)cc2Cl)CC1. The Labute approximate surface area is 135 Å². The molecule has 0 atom stereocenters. The molecule has 0 radical (unpaired) electrons. The van der Waals surface area contributed by atoms with Crippen molar-refractivity contribution in [3.05, 3.63) is 27.2 Å². The maximum Gasteiger partial charge on any atom is 0.141 e. The number of hydrogen-bond donors (Lipinski definition) is 2. The van der Waals surface area contributed by atoms with Gasteiger partial charge in [0.15, 0.2) is 0 Å². The van der Waals surface area contributed by atoms with Crippen LogP contribution in [0.25, 0.3) is 0 Å². The average Bonchev–Trinajstić information content (AvgIpc) is 2.42. The van der Waals surface area contributed by atoms with Gasteiger partial charge in [-0.1, -0.05) is 27.5 Å². The summed E-state index contributed by atoms with van der Waals surface area (Å²) >= 11 is 9.67. The zero-order valence-electron chi connectivity index (χ0n) is 12.3. The molecular weight excluding hydrogens is 340 g/mol. The molecule has 3 nitrogen and oxygen atoms in total. The van der Waals surface area contributed by atoms with Crippen LogP contribution >= 0.6 is 27.5 Å². The molecule has 20 heavy (non-hydrogen) atoms. The van der Waals surface area contributed by atoms with E-state index in [4.69, 9.17) is 16.3 Å². The first kappa shape index (κ1) is 16.1. The number of nitrogens with one attached hydrogen (secondary N) is 2. The predicted molar refractivity (Wildman–Crippen MR) is 86.2 cm³/mol. The van der Waals surface area contributed by atoms with Gasteiger partial charge in [0.2, 0.25) is 0 Å². The number of hydrogen-bond acceptors (Lipinski definition) is 1. The minimum atomic E-state index is 0.687. The van der Waals surface area contributed by atoms with E-state index < -0.39 is 0 Å². The van der Waals surface area contributed by atoms with Gasteiger partial charge in [-0.2, -0.15) is 0 Å². The third-order valence-electron chi connectivity index (χ3n) is 4.06. The summed E-state index contributed by atoms with van der Waals surface area (Å²) in [4.78, 5) is 3.37. The first-order valence-electron chi connectivity index (χ1n) is 7.35. The molecule has 0 spiro atoms. The zero-order valence-corrected chi connectivity index (χ0v) is 14.6. The molecule has 1 heterocycles. The standard InChI is InChI=1S/C15H22BrClN2O/c1-3-18-4-6-19(7-5-18)8-9-20-15-12(2)10-13(16)11-14(15)17/h10-11H,3-9H2,1-2H3/p+2. The molecule has 0 amide bonds. The smallest absolute Gasteiger partial charge is 0.141 e. The largest absolute Gasteiger partial charge is 0.486 e. The lowest BCUT2D eigenvalue weighted by molar-refractivity contribution is -1.01. The number of aryl methyl sites for hydroxylation is 1. The fraction of sp³-hybridized carbons (Fsp3) is 0.600. The van der Waals surface area contributed by atoms with E-state index in [-0.39, 0.29) is 0 Å². The number of likely N-dealkylation sites (N-methyl/N-ethyl adjacent to an activating group) is 1. The summed E-state index contributed by atoms with van der Waals surface area (Å²) in [5, 5.41) is 0.687. The average molecular weight is 364 g/mol. The highest BCUT2D eigenvalue weighted by Gasteiger charge is 2.21. The molecule has 5 heteroatoms. The molecule has 0 bridgehead atoms. The minimum Gasteiger partial charge on any atom is -0.486 e. The molecule has 0 aliphatic carbocycles. The Morgan fingerprint density at radius 2 is 1.85 bits per heavy atom. The van der Waals surface area contributed by atoms with Crippen LogP contribution in [0.4, 0.5) is 0 Å². The van der Waals surface area contributed by atoms with Crippen LogP contribution in [0.15, 0.2) is 16.6 Å². The summed E-state index contributed by atoms with van der Waals surface area (Å²) < 4.78 is 6.89. The molecular formula is C15H24BrClN2O+2. The summed E-state index contributed by atoms with van der Waals surface area (Å²) in [5.41, 5.74) is 1.08. The highest BCUT2D eigenvalue weighted by atomic mass is 79.9. The van der Waals surface area contributed by atoms with Gasteiger partial charge in [-0.15, -0.1) is 0 Å². The molecule has 0 saturated carbocycles. The van der Waals surface area contributed by atoms with Crippen LogP contribution in [-0.2, 0) is 0 Å². The second-order valence-electron chi connectivity index (χ2n) is 5.49. The fourth-order valence-corrected chi connectivity index (χ4v) is 3.76. The molecule has 1 saturated heterocycles. The first-order chi connectivity index (χ1) is 9.60. The van der Waals surface area contributed by atoms with Gasteiger partial charge in [-0.3, -0.25) is 0 Å². The normalized spacial score (nSPS) is 22.8. The van der Waals surface area contributed by atoms with Crippen LogP contribution < -0.4 is 14.5 Å². The molecule has 1 fully saturated rings. The molecule has 1 aromatic carbocycles. The van der Waals surface area contributed by atoms with E-state index in [0.717, 1.165) is 28.9 Å². The van der Waals surface area contributed by atoms with Crippen molar-refractivity contribution < 1.29 is 14.5 Å². The van der Waals surface area contributed by atoms with Crippen LogP contribution in [0.5, 0.6) is 5.75 Å². The Balaban J connectivity index is 1.79. The van der Waals surface area contributed by atoms with Crippen molar-refractivity contribution in [2.45, 2.75) is 13.8 Å². The van der Waals surface area contributed by atoms with Gasteiger partial charge in [0.05, 0.1) is 11.6 Å². The summed E-state index contributed by atoms with van der Waals surface area (Å²) in [7, 11) is 0. The van der Waals surface area contributed by atoms with Crippen molar-refractivity contribution in [2.24, 2.45) is 0 Å². The van der Waals surface area contributed by atoms with Crippen LogP contribution in [-0.4, -0.2) is 45.9 Å². The lowest BCUT2D eigenvalue weighted by Gasteiger charge is -2.29. The Bertz CT molecular complexity index is 424. The van der Waals surface area contributed by atoms with E-state index >= 15 is 0 Å². The minimum absolute atomic E-state index is 0.687. The van der Waals surface area contributed by atoms with E-state index in [1.54, 1.807) is 9.80 Å². The Hall–Kier alpha value is -0.290. The Kier molecular flexibility index (Phi) is 6.15. The van der Waals surface area contributed by atoms with Gasteiger partial charge in [-0.05, 0) is 31.5 Å². The van der Waals surface area contributed by atoms with Crippen molar-refractivity contribution >= 4 is 27.5 Å². The first-order valence-corrected chi connectivity index (χ1v) is 8.52. The number of quaternary nitrogens is 2. The maximum atomic E-state index is 6.23. The summed E-state index contributed by atoms with van der Waals surface area (Å²) in [6, 6.07) is 3.93. The number of halogens is 2. The molecule has 1 aromatic rings. The van der Waals surface area contributed by atoms with Crippen LogP contribution in [0.2, 0.25) is 5.02 Å². The van der Waals surface area contributed by atoms with E-state index in [0.29, 0.717) is 5.02 Å². The molecule has 0 unspecified atom stereocenters. The van der Waals surface area contributed by atoms with Crippen LogP contribution in [0.3, 0.4) is 0 Å². The Morgan fingerprint density at radius 1 is 1.20 bits per heavy atom. The highest BCUT2D eigenvalue weighted by Crippen LogP contribution is 2.31. The van der Waals surface area contributed by atoms with Crippen molar-refractivity contribution in [3.8, 4) is 5.75 Å². The van der Waals surface area contributed by atoms with Crippen molar-refractivity contribution in [3.63, 3.8) is 0 Å². The van der Waals surface area contributed by atoms with Crippen LogP contribution in [0.1, 0.15) is 12.5 Å². The lowest BCUT2D eigenvalue weighted by atomic mass is 10.2. The number of piperazine rings is 1. The topological polar surface area (TPSA) is 18.1 Å². The van der Waals surface area contributed by atoms with Gasteiger partial charge >= 0.3 is 0 Å². The summed E-state index contributed by atoms with van der Waals surface area (Å²) in [6.07, 6.45) is 0. The molecule has 2 rings (SSSR count). The third kappa shape index (κ3) is 4.35. The van der Waals surface area contributed by atoms with Gasteiger partial charge in [0, 0.05) is 4.47 Å². The second-order valence-corrected chi connectivity index (χ2v) is 6.81. The van der Waals surface area contributed by atoms with Gasteiger partial charge < -0.3 is 14.5 Å². The number of benzene rings is 1. The van der Waals surface area contributed by atoms with Gasteiger partial charge in [0.25, 0.3) is 0 Å². The second kappa shape index (κ2) is 7.64. The quantitative estimate of drug-likeness (QED) is 0.784. The summed E-state index contributed by atoms with van der Waals surface area (Å²) in [5.74, 6) is 0.826. The molecule has 1 aliphatic heterocycles. The number of rotatable bonds is 5. The molecule has 1 aliphatic rings. The van der Waals surface area contributed by atoms with E-state index in [9.17, 15) is 0 Å². The molecule has 2 N–H and O–H groups in total. The fourth-order valence-electron chi connectivity index (χ4n) is 2.73. The number of ether oxygens (including phenoxy) is 1. The van der Waals surface area contributed by atoms with Crippen molar-refractivity contribution in [1.82, 2.24) is 0 Å². The van der Waals surface area contributed by atoms with E-state index in [1.807, 2.05) is 19.1 Å². The lowest BCUT2D eigenvalue weighted by Crippen LogP contribution is -3.28. The van der Waals surface area contributed by atoms with Crippen molar-refractivity contribution in [1.29, 1.82) is 0 Å². The predicted octanol–water partition coefficient (Wildman–Crippen LogP) is 0.593.